The third kappa shape index (κ3) is 2.77. The Hall–Kier alpha value is -0.450. The molecule has 0 saturated carbocycles. The van der Waals surface area contributed by atoms with Crippen molar-refractivity contribution in [2.75, 3.05) is 13.1 Å². The lowest BCUT2D eigenvalue weighted by molar-refractivity contribution is 0.0748. The smallest absolute Gasteiger partial charge is 0.0797 e. The second-order valence-electron chi connectivity index (χ2n) is 4.22. The monoisotopic (exact) mass is 226 g/mol. The fourth-order valence-corrected chi connectivity index (χ4v) is 2.88. The van der Waals surface area contributed by atoms with Crippen LogP contribution in [-0.2, 0) is 6.42 Å². The Labute approximate surface area is 94.5 Å². The van der Waals surface area contributed by atoms with Gasteiger partial charge in [0.15, 0.2) is 0 Å². The number of hydrogen-bond acceptors (Lipinski definition) is 4. The van der Waals surface area contributed by atoms with Crippen molar-refractivity contribution in [3.8, 4) is 0 Å². The molecule has 2 atom stereocenters. The highest BCUT2D eigenvalue weighted by Crippen LogP contribution is 2.21. The molecule has 84 valence electrons. The highest BCUT2D eigenvalue weighted by Gasteiger charge is 2.22. The van der Waals surface area contributed by atoms with E-state index in [9.17, 15) is 5.11 Å². The van der Waals surface area contributed by atoms with Crippen molar-refractivity contribution in [2.45, 2.75) is 32.3 Å². The van der Waals surface area contributed by atoms with E-state index in [0.29, 0.717) is 5.92 Å². The molecule has 1 aromatic rings. The van der Waals surface area contributed by atoms with E-state index in [2.05, 4.69) is 17.2 Å². The highest BCUT2D eigenvalue weighted by molar-refractivity contribution is 7.09. The fraction of sp³-hybridized carbons (Fsp3) is 0.727. The lowest BCUT2D eigenvalue weighted by atomic mass is 9.91. The molecule has 3 nitrogen and oxygen atoms in total. The number of nitrogens with one attached hydrogen (secondary N) is 1. The summed E-state index contributed by atoms with van der Waals surface area (Å²) in [5.41, 5.74) is 3.05. The van der Waals surface area contributed by atoms with Crippen LogP contribution in [0.2, 0.25) is 0 Å². The Balaban J connectivity index is 1.84. The summed E-state index contributed by atoms with van der Waals surface area (Å²) in [5.74, 6) is 0.417. The molecule has 2 rings (SSSR count). The highest BCUT2D eigenvalue weighted by atomic mass is 32.1. The predicted octanol–water partition coefficient (Wildman–Crippen LogP) is 1.35. The van der Waals surface area contributed by atoms with Gasteiger partial charge in [-0.05, 0) is 38.6 Å². The van der Waals surface area contributed by atoms with Crippen LogP contribution in [0.25, 0.3) is 0 Å². The van der Waals surface area contributed by atoms with E-state index in [0.717, 1.165) is 38.0 Å². The summed E-state index contributed by atoms with van der Waals surface area (Å²) in [6, 6.07) is 0. The van der Waals surface area contributed by atoms with Gasteiger partial charge in [0.05, 0.1) is 17.3 Å². The Bertz CT molecular complexity index is 313. The summed E-state index contributed by atoms with van der Waals surface area (Å²) < 4.78 is 0. The van der Waals surface area contributed by atoms with E-state index in [1.54, 1.807) is 11.3 Å². The zero-order chi connectivity index (χ0) is 10.7. The second-order valence-corrected chi connectivity index (χ2v) is 5.16. The van der Waals surface area contributed by atoms with Gasteiger partial charge in [-0.3, -0.25) is 0 Å². The first-order valence-corrected chi connectivity index (χ1v) is 6.43. The van der Waals surface area contributed by atoms with E-state index in [4.69, 9.17) is 0 Å². The van der Waals surface area contributed by atoms with Gasteiger partial charge < -0.3 is 10.4 Å². The SMILES string of the molecule is Cc1ncsc1CCC1CNCCC1O. The van der Waals surface area contributed by atoms with Crippen molar-refractivity contribution in [1.82, 2.24) is 10.3 Å². The van der Waals surface area contributed by atoms with E-state index < -0.39 is 0 Å². The molecule has 0 aromatic carbocycles. The molecule has 0 radical (unpaired) electrons. The van der Waals surface area contributed by atoms with E-state index in [1.165, 1.54) is 4.88 Å². The van der Waals surface area contributed by atoms with Crippen LogP contribution in [0.5, 0.6) is 0 Å². The third-order valence-electron chi connectivity index (χ3n) is 3.15. The molecule has 0 bridgehead atoms. The van der Waals surface area contributed by atoms with Gasteiger partial charge in [-0.15, -0.1) is 11.3 Å². The van der Waals surface area contributed by atoms with Crippen molar-refractivity contribution < 1.29 is 5.11 Å². The zero-order valence-electron chi connectivity index (χ0n) is 9.07. The molecular formula is C11H18N2OS. The number of piperidine rings is 1. The zero-order valence-corrected chi connectivity index (χ0v) is 9.89. The number of aliphatic hydroxyl groups excluding tert-OH is 1. The minimum atomic E-state index is -0.112. The average Bonchev–Trinajstić information content (AvgIpc) is 2.63. The minimum absolute atomic E-state index is 0.112. The molecule has 0 spiro atoms. The summed E-state index contributed by atoms with van der Waals surface area (Å²) in [6.07, 6.45) is 2.91. The summed E-state index contributed by atoms with van der Waals surface area (Å²) in [6.45, 7) is 3.97. The molecule has 1 aliphatic heterocycles. The summed E-state index contributed by atoms with van der Waals surface area (Å²) in [5, 5.41) is 13.2. The van der Waals surface area contributed by atoms with Crippen molar-refractivity contribution in [2.24, 2.45) is 5.92 Å². The predicted molar refractivity (Wildman–Crippen MR) is 62.2 cm³/mol. The number of aromatic nitrogens is 1. The summed E-state index contributed by atoms with van der Waals surface area (Å²) >= 11 is 1.73. The van der Waals surface area contributed by atoms with Crippen molar-refractivity contribution in [3.63, 3.8) is 0 Å². The van der Waals surface area contributed by atoms with Gasteiger partial charge in [0.1, 0.15) is 0 Å². The molecule has 0 amide bonds. The van der Waals surface area contributed by atoms with Crippen LogP contribution in [0.15, 0.2) is 5.51 Å². The van der Waals surface area contributed by atoms with Crippen LogP contribution in [0, 0.1) is 12.8 Å². The van der Waals surface area contributed by atoms with Crippen LogP contribution in [0.1, 0.15) is 23.4 Å². The van der Waals surface area contributed by atoms with Gasteiger partial charge in [0.25, 0.3) is 0 Å². The Morgan fingerprint density at radius 2 is 2.53 bits per heavy atom. The third-order valence-corrected chi connectivity index (χ3v) is 4.15. The maximum Gasteiger partial charge on any atom is 0.0797 e. The van der Waals surface area contributed by atoms with Crippen LogP contribution >= 0.6 is 11.3 Å². The summed E-state index contributed by atoms with van der Waals surface area (Å²) in [7, 11) is 0. The first-order valence-electron chi connectivity index (χ1n) is 5.55. The van der Waals surface area contributed by atoms with Gasteiger partial charge in [0.2, 0.25) is 0 Å². The van der Waals surface area contributed by atoms with Gasteiger partial charge in [-0.25, -0.2) is 4.98 Å². The maximum absolute atomic E-state index is 9.81. The minimum Gasteiger partial charge on any atom is -0.393 e. The molecule has 1 aromatic heterocycles. The van der Waals surface area contributed by atoms with Crippen LogP contribution in [-0.4, -0.2) is 29.3 Å². The average molecular weight is 226 g/mol. The van der Waals surface area contributed by atoms with Crippen LogP contribution < -0.4 is 5.32 Å². The molecular weight excluding hydrogens is 208 g/mol. The number of thiazole rings is 1. The summed E-state index contributed by atoms with van der Waals surface area (Å²) in [4.78, 5) is 5.61. The molecule has 2 unspecified atom stereocenters. The quantitative estimate of drug-likeness (QED) is 0.818. The molecule has 4 heteroatoms. The largest absolute Gasteiger partial charge is 0.393 e. The van der Waals surface area contributed by atoms with E-state index >= 15 is 0 Å². The first kappa shape index (κ1) is 11.0. The molecule has 2 heterocycles. The normalized spacial score (nSPS) is 26.8. The Morgan fingerprint density at radius 3 is 3.20 bits per heavy atom. The number of aliphatic hydroxyl groups is 1. The number of hydrogen-bond donors (Lipinski definition) is 2. The molecule has 1 fully saturated rings. The molecule has 0 aliphatic carbocycles. The molecule has 2 N–H and O–H groups in total. The van der Waals surface area contributed by atoms with Gasteiger partial charge in [-0.2, -0.15) is 0 Å². The second kappa shape index (κ2) is 5.05. The molecule has 1 saturated heterocycles. The van der Waals surface area contributed by atoms with Gasteiger partial charge in [0, 0.05) is 11.4 Å². The lowest BCUT2D eigenvalue weighted by Crippen LogP contribution is -2.40. The van der Waals surface area contributed by atoms with Gasteiger partial charge >= 0.3 is 0 Å². The first-order chi connectivity index (χ1) is 7.27. The van der Waals surface area contributed by atoms with E-state index in [1.807, 2.05) is 5.51 Å². The van der Waals surface area contributed by atoms with Crippen molar-refractivity contribution >= 4 is 11.3 Å². The van der Waals surface area contributed by atoms with E-state index in [-0.39, 0.29) is 6.10 Å². The fourth-order valence-electron chi connectivity index (χ4n) is 2.09. The van der Waals surface area contributed by atoms with Gasteiger partial charge in [-0.1, -0.05) is 0 Å². The topological polar surface area (TPSA) is 45.2 Å². The van der Waals surface area contributed by atoms with Crippen molar-refractivity contribution in [1.29, 1.82) is 0 Å². The number of aryl methyl sites for hydroxylation is 2. The molecule has 15 heavy (non-hydrogen) atoms. The molecule has 1 aliphatic rings. The van der Waals surface area contributed by atoms with Crippen molar-refractivity contribution in [3.05, 3.63) is 16.1 Å². The number of nitrogens with zero attached hydrogens (tertiary/aromatic N) is 1. The Kier molecular flexibility index (Phi) is 3.72. The maximum atomic E-state index is 9.81. The van der Waals surface area contributed by atoms with Crippen LogP contribution in [0.4, 0.5) is 0 Å². The van der Waals surface area contributed by atoms with Crippen LogP contribution in [0.3, 0.4) is 0 Å². The lowest BCUT2D eigenvalue weighted by Gasteiger charge is -2.28. The standard InChI is InChI=1S/C11H18N2OS/c1-8-11(15-7-13-8)3-2-9-6-12-5-4-10(9)14/h7,9-10,12,14H,2-6H2,1H3. The Morgan fingerprint density at radius 1 is 1.67 bits per heavy atom. The number of rotatable bonds is 3.